The van der Waals surface area contributed by atoms with E-state index in [-0.39, 0.29) is 23.8 Å². The van der Waals surface area contributed by atoms with Gasteiger partial charge >= 0.3 is 6.03 Å². The molecular weight excluding hydrogens is 622 g/mol. The van der Waals surface area contributed by atoms with E-state index in [1.165, 1.54) is 25.3 Å². The van der Waals surface area contributed by atoms with Crippen molar-refractivity contribution in [2.45, 2.75) is 6.92 Å². The van der Waals surface area contributed by atoms with Crippen LogP contribution in [0.3, 0.4) is 0 Å². The number of halogens is 2. The van der Waals surface area contributed by atoms with Crippen molar-refractivity contribution in [3.63, 3.8) is 0 Å². The number of ether oxygens (including phenoxy) is 2. The Balaban J connectivity index is 1.52. The molecule has 11 heteroatoms. The van der Waals surface area contributed by atoms with Gasteiger partial charge in [-0.2, -0.15) is 0 Å². The van der Waals surface area contributed by atoms with Gasteiger partial charge in [-0.3, -0.25) is 19.7 Å². The second-order valence-electron chi connectivity index (χ2n) is 8.12. The molecule has 0 radical (unpaired) electrons. The zero-order valence-electron chi connectivity index (χ0n) is 20.2. The first kappa shape index (κ1) is 27.1. The quantitative estimate of drug-likeness (QED) is 0.270. The van der Waals surface area contributed by atoms with Crippen LogP contribution >= 0.6 is 31.9 Å². The number of para-hydroxylation sites is 1. The van der Waals surface area contributed by atoms with Crippen LogP contribution in [-0.4, -0.2) is 37.5 Å². The molecule has 4 rings (SSSR count). The van der Waals surface area contributed by atoms with Gasteiger partial charge in [0.1, 0.15) is 17.1 Å². The first-order chi connectivity index (χ1) is 18.2. The molecular formula is C27H21Br2N3O6. The number of carbonyl (C=O) groups excluding carboxylic acids is 4. The van der Waals surface area contributed by atoms with Gasteiger partial charge in [0, 0.05) is 5.69 Å². The highest BCUT2D eigenvalue weighted by Gasteiger charge is 2.36. The van der Waals surface area contributed by atoms with Gasteiger partial charge in [-0.1, -0.05) is 18.2 Å². The average molecular weight is 643 g/mol. The lowest BCUT2D eigenvalue weighted by molar-refractivity contribution is -0.122. The molecule has 0 aliphatic carbocycles. The standard InChI is InChI=1S/C27H21Br2N3O6/c1-15-5-3-4-6-22(15)30-23(33)14-38-24-20(28)12-16(13-21(24)29)11-19-25(34)31-27(36)32(26(19)35)17-7-9-18(37-2)10-8-17/h3-13H,14H2,1-2H3,(H,30,33)(H,31,34,36)/b19-11+. The van der Waals surface area contributed by atoms with Crippen LogP contribution in [0.1, 0.15) is 11.1 Å². The zero-order valence-corrected chi connectivity index (χ0v) is 23.4. The molecule has 1 aliphatic heterocycles. The number of hydrogen-bond acceptors (Lipinski definition) is 6. The molecule has 194 valence electrons. The lowest BCUT2D eigenvalue weighted by atomic mass is 10.1. The summed E-state index contributed by atoms with van der Waals surface area (Å²) in [7, 11) is 1.50. The maximum Gasteiger partial charge on any atom is 0.335 e. The minimum Gasteiger partial charge on any atom is -0.497 e. The number of carbonyl (C=O) groups is 4. The minimum atomic E-state index is -0.850. The molecule has 1 heterocycles. The smallest absolute Gasteiger partial charge is 0.335 e. The van der Waals surface area contributed by atoms with Gasteiger partial charge in [0.2, 0.25) is 0 Å². The Morgan fingerprint density at radius 3 is 2.32 bits per heavy atom. The number of barbiturate groups is 1. The van der Waals surface area contributed by atoms with E-state index in [1.54, 1.807) is 30.3 Å². The van der Waals surface area contributed by atoms with Gasteiger partial charge in [0.15, 0.2) is 6.61 Å². The number of nitrogens with zero attached hydrogens (tertiary/aromatic N) is 1. The number of imide groups is 2. The number of anilines is 2. The van der Waals surface area contributed by atoms with E-state index in [9.17, 15) is 19.2 Å². The van der Waals surface area contributed by atoms with E-state index in [4.69, 9.17) is 9.47 Å². The second kappa shape index (κ2) is 11.6. The Bertz CT molecular complexity index is 1450. The highest BCUT2D eigenvalue weighted by atomic mass is 79.9. The van der Waals surface area contributed by atoms with Crippen molar-refractivity contribution in [2.24, 2.45) is 0 Å². The van der Waals surface area contributed by atoms with E-state index < -0.39 is 17.8 Å². The van der Waals surface area contributed by atoms with Crippen molar-refractivity contribution in [1.29, 1.82) is 0 Å². The summed E-state index contributed by atoms with van der Waals surface area (Å²) in [5.74, 6) is -1.01. The van der Waals surface area contributed by atoms with Crippen LogP contribution in [0.25, 0.3) is 6.08 Å². The van der Waals surface area contributed by atoms with Crippen LogP contribution in [0.4, 0.5) is 16.2 Å². The molecule has 2 N–H and O–H groups in total. The van der Waals surface area contributed by atoms with E-state index in [0.29, 0.717) is 31.7 Å². The molecule has 9 nitrogen and oxygen atoms in total. The van der Waals surface area contributed by atoms with Crippen molar-refractivity contribution < 1.29 is 28.7 Å². The Hall–Kier alpha value is -3.96. The third-order valence-corrected chi connectivity index (χ3v) is 6.71. The van der Waals surface area contributed by atoms with Crippen LogP contribution in [-0.2, 0) is 14.4 Å². The van der Waals surface area contributed by atoms with E-state index in [2.05, 4.69) is 42.5 Å². The largest absolute Gasteiger partial charge is 0.497 e. The van der Waals surface area contributed by atoms with Gasteiger partial charge < -0.3 is 14.8 Å². The Kier molecular flexibility index (Phi) is 8.28. The number of hydrogen-bond donors (Lipinski definition) is 2. The molecule has 1 aliphatic rings. The van der Waals surface area contributed by atoms with Crippen molar-refractivity contribution in [3.05, 3.63) is 86.3 Å². The lowest BCUT2D eigenvalue weighted by Crippen LogP contribution is -2.54. The number of benzene rings is 3. The third kappa shape index (κ3) is 5.95. The van der Waals surface area contributed by atoms with Crippen molar-refractivity contribution >= 4 is 73.1 Å². The van der Waals surface area contributed by atoms with Crippen molar-refractivity contribution in [1.82, 2.24) is 5.32 Å². The van der Waals surface area contributed by atoms with Crippen LogP contribution in [0.2, 0.25) is 0 Å². The summed E-state index contributed by atoms with van der Waals surface area (Å²) < 4.78 is 11.8. The highest BCUT2D eigenvalue weighted by Crippen LogP contribution is 2.36. The summed E-state index contributed by atoms with van der Waals surface area (Å²) >= 11 is 6.83. The Morgan fingerprint density at radius 1 is 1.03 bits per heavy atom. The molecule has 1 saturated heterocycles. The lowest BCUT2D eigenvalue weighted by Gasteiger charge is -2.26. The summed E-state index contributed by atoms with van der Waals surface area (Å²) in [5, 5.41) is 4.99. The molecule has 5 amide bonds. The van der Waals surface area contributed by atoms with Gasteiger partial charge in [0.05, 0.1) is 21.7 Å². The second-order valence-corrected chi connectivity index (χ2v) is 9.83. The van der Waals surface area contributed by atoms with E-state index in [0.717, 1.165) is 10.5 Å². The monoisotopic (exact) mass is 641 g/mol. The van der Waals surface area contributed by atoms with Crippen LogP contribution in [0.15, 0.2) is 75.2 Å². The van der Waals surface area contributed by atoms with Gasteiger partial charge in [-0.25, -0.2) is 9.69 Å². The first-order valence-electron chi connectivity index (χ1n) is 11.2. The number of amides is 5. The molecule has 3 aromatic rings. The molecule has 38 heavy (non-hydrogen) atoms. The summed E-state index contributed by atoms with van der Waals surface area (Å²) in [5.41, 5.74) is 2.14. The fourth-order valence-corrected chi connectivity index (χ4v) is 5.08. The predicted octanol–water partition coefficient (Wildman–Crippen LogP) is 5.21. The number of urea groups is 1. The maximum absolute atomic E-state index is 13.1. The van der Waals surface area contributed by atoms with E-state index >= 15 is 0 Å². The van der Waals surface area contributed by atoms with Crippen LogP contribution < -0.4 is 25.0 Å². The summed E-state index contributed by atoms with van der Waals surface area (Å²) in [6.45, 7) is 1.64. The van der Waals surface area contributed by atoms with Gasteiger partial charge in [0.25, 0.3) is 17.7 Å². The highest BCUT2D eigenvalue weighted by molar-refractivity contribution is 9.11. The fourth-order valence-electron chi connectivity index (χ4n) is 3.63. The molecule has 0 saturated carbocycles. The number of rotatable bonds is 7. The average Bonchev–Trinajstić information content (AvgIpc) is 2.87. The molecule has 0 atom stereocenters. The molecule has 0 spiro atoms. The Morgan fingerprint density at radius 2 is 1.68 bits per heavy atom. The molecule has 1 fully saturated rings. The summed E-state index contributed by atoms with van der Waals surface area (Å²) in [6, 6.07) is 16.1. The zero-order chi connectivity index (χ0) is 27.4. The maximum atomic E-state index is 13.1. The summed E-state index contributed by atoms with van der Waals surface area (Å²) in [4.78, 5) is 51.4. The van der Waals surface area contributed by atoms with Gasteiger partial charge in [-0.05, 0) is 98.5 Å². The molecule has 3 aromatic carbocycles. The minimum absolute atomic E-state index is 0.231. The number of nitrogens with one attached hydrogen (secondary N) is 2. The van der Waals surface area contributed by atoms with E-state index in [1.807, 2.05) is 25.1 Å². The van der Waals surface area contributed by atoms with Crippen LogP contribution in [0.5, 0.6) is 11.5 Å². The predicted molar refractivity (Wildman–Crippen MR) is 149 cm³/mol. The fraction of sp³-hybridized carbons (Fsp3) is 0.111. The normalized spacial score (nSPS) is 14.4. The SMILES string of the molecule is COc1ccc(N2C(=O)NC(=O)/C(=C\c3cc(Br)c(OCC(=O)Nc4ccccc4C)c(Br)c3)C2=O)cc1. The first-order valence-corrected chi connectivity index (χ1v) is 12.8. The van der Waals surface area contributed by atoms with Gasteiger partial charge in [-0.15, -0.1) is 0 Å². The number of methoxy groups -OCH3 is 1. The molecule has 0 bridgehead atoms. The van der Waals surface area contributed by atoms with Crippen molar-refractivity contribution in [3.8, 4) is 11.5 Å². The van der Waals surface area contributed by atoms with Crippen molar-refractivity contribution in [2.75, 3.05) is 23.9 Å². The molecule has 0 unspecified atom stereocenters. The third-order valence-electron chi connectivity index (χ3n) is 5.53. The summed E-state index contributed by atoms with van der Waals surface area (Å²) in [6.07, 6.45) is 1.37. The van der Waals surface area contributed by atoms with Crippen LogP contribution in [0, 0.1) is 6.92 Å². The number of aryl methyl sites for hydroxylation is 1. The Labute approximate surface area is 235 Å². The topological polar surface area (TPSA) is 114 Å². The molecule has 0 aromatic heterocycles.